The Labute approximate surface area is 180 Å². The minimum Gasteiger partial charge on any atom is -0.497 e. The van der Waals surface area contributed by atoms with Crippen molar-refractivity contribution in [3.05, 3.63) is 88.9 Å². The first-order valence-electron chi connectivity index (χ1n) is 9.71. The highest BCUT2D eigenvalue weighted by atomic mass is 32.1. The smallest absolute Gasteiger partial charge is 0.199 e. The number of hydrogen-bond donors (Lipinski definition) is 0. The van der Waals surface area contributed by atoms with E-state index in [-0.39, 0.29) is 0 Å². The van der Waals surface area contributed by atoms with Crippen molar-refractivity contribution in [3.8, 4) is 17.3 Å². The van der Waals surface area contributed by atoms with Crippen molar-refractivity contribution in [2.45, 2.75) is 19.8 Å². The first-order valence-corrected chi connectivity index (χ1v) is 10.1. The highest BCUT2D eigenvalue weighted by Crippen LogP contribution is 2.21. The summed E-state index contributed by atoms with van der Waals surface area (Å²) in [5, 5.41) is 4.78. The maximum atomic E-state index is 5.78. The van der Waals surface area contributed by atoms with E-state index >= 15 is 0 Å². The molecule has 0 radical (unpaired) electrons. The second-order valence-electron chi connectivity index (χ2n) is 7.16. The van der Waals surface area contributed by atoms with Crippen LogP contribution in [0.4, 0.5) is 0 Å². The van der Waals surface area contributed by atoms with Crippen molar-refractivity contribution in [2.24, 2.45) is 0 Å². The molecule has 7 heteroatoms. The summed E-state index contributed by atoms with van der Waals surface area (Å²) in [6.07, 6.45) is 1.65. The summed E-state index contributed by atoms with van der Waals surface area (Å²) in [5.74, 6) is 2.28. The van der Waals surface area contributed by atoms with Gasteiger partial charge in [0.15, 0.2) is 16.4 Å². The monoisotopic (exact) mass is 420 g/mol. The SMILES string of the molecule is COc1cccc(CN(C)Cn2nc(-c3ccco3)n(Cc3ccccc3)c2=S)c1. The van der Waals surface area contributed by atoms with Gasteiger partial charge in [0.1, 0.15) is 5.75 Å². The number of aromatic nitrogens is 3. The van der Waals surface area contributed by atoms with Gasteiger partial charge in [0.25, 0.3) is 0 Å². The molecule has 0 unspecified atom stereocenters. The fourth-order valence-electron chi connectivity index (χ4n) is 3.39. The zero-order valence-corrected chi connectivity index (χ0v) is 17.9. The molecule has 154 valence electrons. The van der Waals surface area contributed by atoms with Crippen LogP contribution < -0.4 is 4.74 Å². The molecule has 0 N–H and O–H groups in total. The molecule has 0 aliphatic rings. The number of methoxy groups -OCH3 is 1. The first kappa shape index (κ1) is 20.1. The largest absolute Gasteiger partial charge is 0.497 e. The standard InChI is InChI=1S/C23H24N4O2S/c1-25(15-19-10-6-11-20(14-19)28-2)17-27-23(30)26(16-18-8-4-3-5-9-18)22(24-27)21-12-7-13-29-21/h3-14H,15-17H2,1-2H3. The molecule has 0 bridgehead atoms. The van der Waals surface area contributed by atoms with Crippen molar-refractivity contribution in [3.63, 3.8) is 0 Å². The van der Waals surface area contributed by atoms with Crippen molar-refractivity contribution < 1.29 is 9.15 Å². The van der Waals surface area contributed by atoms with E-state index in [9.17, 15) is 0 Å². The van der Waals surface area contributed by atoms with E-state index in [0.29, 0.717) is 23.7 Å². The number of rotatable bonds is 8. The van der Waals surface area contributed by atoms with E-state index in [1.807, 2.05) is 64.8 Å². The van der Waals surface area contributed by atoms with Crippen molar-refractivity contribution in [2.75, 3.05) is 14.2 Å². The molecule has 0 saturated heterocycles. The van der Waals surface area contributed by atoms with Gasteiger partial charge >= 0.3 is 0 Å². The molecule has 4 aromatic rings. The lowest BCUT2D eigenvalue weighted by atomic mass is 10.2. The summed E-state index contributed by atoms with van der Waals surface area (Å²) < 4.78 is 15.5. The number of hydrogen-bond acceptors (Lipinski definition) is 5. The Bertz CT molecular complexity index is 1150. The third kappa shape index (κ3) is 4.53. The highest BCUT2D eigenvalue weighted by molar-refractivity contribution is 7.71. The molecule has 4 rings (SSSR count). The minimum atomic E-state index is 0.561. The summed E-state index contributed by atoms with van der Waals surface area (Å²) >= 11 is 5.78. The average Bonchev–Trinajstić information content (AvgIpc) is 3.39. The molecular formula is C23H24N4O2S. The van der Waals surface area contributed by atoms with Gasteiger partial charge in [0.05, 0.1) is 26.6 Å². The van der Waals surface area contributed by atoms with Gasteiger partial charge in [-0.05, 0) is 54.7 Å². The van der Waals surface area contributed by atoms with E-state index in [1.165, 1.54) is 5.56 Å². The fourth-order valence-corrected chi connectivity index (χ4v) is 3.64. The average molecular weight is 421 g/mol. The van der Waals surface area contributed by atoms with E-state index in [4.69, 9.17) is 26.5 Å². The van der Waals surface area contributed by atoms with Crippen LogP contribution in [-0.2, 0) is 19.8 Å². The predicted molar refractivity (Wildman–Crippen MR) is 119 cm³/mol. The second-order valence-corrected chi connectivity index (χ2v) is 7.53. The molecule has 6 nitrogen and oxygen atoms in total. The van der Waals surface area contributed by atoms with Crippen LogP contribution in [0.25, 0.3) is 11.6 Å². The van der Waals surface area contributed by atoms with Gasteiger partial charge < -0.3 is 9.15 Å². The molecule has 0 spiro atoms. The quantitative estimate of drug-likeness (QED) is 0.383. The summed E-state index contributed by atoms with van der Waals surface area (Å²) in [6, 6.07) is 22.1. The Morgan fingerprint density at radius 1 is 1.03 bits per heavy atom. The molecule has 0 amide bonds. The van der Waals surface area contributed by atoms with Gasteiger partial charge in [-0.2, -0.15) is 0 Å². The van der Waals surface area contributed by atoms with E-state index in [1.54, 1.807) is 13.4 Å². The zero-order valence-electron chi connectivity index (χ0n) is 17.1. The van der Waals surface area contributed by atoms with Crippen molar-refractivity contribution >= 4 is 12.2 Å². The molecule has 2 aromatic carbocycles. The number of furan rings is 1. The summed E-state index contributed by atoms with van der Waals surface area (Å²) in [4.78, 5) is 2.16. The summed E-state index contributed by atoms with van der Waals surface area (Å²) in [7, 11) is 3.72. The number of nitrogens with zero attached hydrogens (tertiary/aromatic N) is 4. The third-order valence-electron chi connectivity index (χ3n) is 4.81. The molecule has 2 aromatic heterocycles. The number of benzene rings is 2. The van der Waals surface area contributed by atoms with Crippen LogP contribution >= 0.6 is 12.2 Å². The van der Waals surface area contributed by atoms with Gasteiger partial charge in [-0.15, -0.1) is 5.10 Å². The fraction of sp³-hybridized carbons (Fsp3) is 0.217. The van der Waals surface area contributed by atoms with Gasteiger partial charge in [0.2, 0.25) is 0 Å². The van der Waals surface area contributed by atoms with Crippen LogP contribution in [-0.4, -0.2) is 33.4 Å². The molecule has 0 saturated carbocycles. The van der Waals surface area contributed by atoms with E-state index in [2.05, 4.69) is 23.1 Å². The molecule has 2 heterocycles. The van der Waals surface area contributed by atoms with Crippen molar-refractivity contribution in [1.82, 2.24) is 19.2 Å². The molecule has 0 aliphatic heterocycles. The van der Waals surface area contributed by atoms with E-state index < -0.39 is 0 Å². The molecule has 30 heavy (non-hydrogen) atoms. The Balaban J connectivity index is 1.60. The lowest BCUT2D eigenvalue weighted by molar-refractivity contribution is 0.243. The lowest BCUT2D eigenvalue weighted by Crippen LogP contribution is -2.22. The molecule has 0 fully saturated rings. The molecular weight excluding hydrogens is 396 g/mol. The van der Waals surface area contributed by atoms with Crippen LogP contribution in [0.5, 0.6) is 5.75 Å². The van der Waals surface area contributed by atoms with E-state index in [0.717, 1.165) is 23.7 Å². The third-order valence-corrected chi connectivity index (χ3v) is 5.24. The molecule has 0 atom stereocenters. The topological polar surface area (TPSA) is 48.4 Å². The van der Waals surface area contributed by atoms with Gasteiger partial charge in [0, 0.05) is 6.54 Å². The second kappa shape index (κ2) is 9.11. The van der Waals surface area contributed by atoms with Crippen LogP contribution in [0.2, 0.25) is 0 Å². The Morgan fingerprint density at radius 2 is 1.83 bits per heavy atom. The van der Waals surface area contributed by atoms with Gasteiger partial charge in [-0.1, -0.05) is 42.5 Å². The summed E-state index contributed by atoms with van der Waals surface area (Å²) in [5.41, 5.74) is 2.32. The highest BCUT2D eigenvalue weighted by Gasteiger charge is 2.16. The maximum absolute atomic E-state index is 5.78. The van der Waals surface area contributed by atoms with Crippen LogP contribution in [0, 0.1) is 4.77 Å². The van der Waals surface area contributed by atoms with Crippen LogP contribution in [0.3, 0.4) is 0 Å². The Morgan fingerprint density at radius 3 is 2.57 bits per heavy atom. The van der Waals surface area contributed by atoms with Crippen molar-refractivity contribution in [1.29, 1.82) is 0 Å². The minimum absolute atomic E-state index is 0.561. The van der Waals surface area contributed by atoms with Crippen LogP contribution in [0.1, 0.15) is 11.1 Å². The molecule has 0 aliphatic carbocycles. The maximum Gasteiger partial charge on any atom is 0.199 e. The lowest BCUT2D eigenvalue weighted by Gasteiger charge is -2.17. The number of ether oxygens (including phenoxy) is 1. The Kier molecular flexibility index (Phi) is 6.11. The Hall–Kier alpha value is -3.16. The summed E-state index contributed by atoms with van der Waals surface area (Å²) in [6.45, 7) is 1.95. The first-order chi connectivity index (χ1) is 14.6. The zero-order chi connectivity index (χ0) is 20.9. The van der Waals surface area contributed by atoms with Crippen LogP contribution in [0.15, 0.2) is 77.4 Å². The van der Waals surface area contributed by atoms with Gasteiger partial charge in [-0.25, -0.2) is 4.68 Å². The predicted octanol–water partition coefficient (Wildman–Crippen LogP) is 4.82. The van der Waals surface area contributed by atoms with Gasteiger partial charge in [-0.3, -0.25) is 9.47 Å². The normalized spacial score (nSPS) is 11.2.